The lowest BCUT2D eigenvalue weighted by Gasteiger charge is -2.24. The number of aromatic nitrogens is 2. The highest BCUT2D eigenvalue weighted by Gasteiger charge is 2.41. The zero-order chi connectivity index (χ0) is 13.2. The molecule has 1 aliphatic carbocycles. The molecule has 98 valence electrons. The van der Waals surface area contributed by atoms with E-state index in [1.54, 1.807) is 0 Å². The molecule has 0 saturated heterocycles. The molecule has 5 heteroatoms. The van der Waals surface area contributed by atoms with Crippen molar-refractivity contribution in [1.82, 2.24) is 9.97 Å². The van der Waals surface area contributed by atoms with E-state index in [-0.39, 0.29) is 0 Å². The van der Waals surface area contributed by atoms with Gasteiger partial charge in [-0.05, 0) is 26.7 Å². The van der Waals surface area contributed by atoms with Crippen molar-refractivity contribution in [3.8, 4) is 0 Å². The van der Waals surface area contributed by atoms with Gasteiger partial charge in [-0.25, -0.2) is 9.97 Å². The monoisotopic (exact) mass is 249 g/mol. The predicted octanol–water partition coefficient (Wildman–Crippen LogP) is 2.15. The Kier molecular flexibility index (Phi) is 3.50. The van der Waals surface area contributed by atoms with Crippen LogP contribution in [0.1, 0.15) is 37.2 Å². The molecule has 1 aliphatic rings. The molecule has 2 rings (SSSR count). The zero-order valence-corrected chi connectivity index (χ0v) is 10.9. The lowest BCUT2D eigenvalue weighted by atomic mass is 9.86. The highest BCUT2D eigenvalue weighted by Crippen LogP contribution is 2.38. The number of rotatable bonds is 4. The van der Waals surface area contributed by atoms with Crippen LogP contribution in [0.15, 0.2) is 6.07 Å². The Hall–Kier alpha value is -1.65. The minimum absolute atomic E-state index is 0.443. The van der Waals surface area contributed by atoms with Gasteiger partial charge in [0.2, 0.25) is 0 Å². The summed E-state index contributed by atoms with van der Waals surface area (Å²) in [5.74, 6) is 0.718. The number of nitrogens with one attached hydrogen (secondary N) is 1. The Bertz CT molecular complexity index is 433. The van der Waals surface area contributed by atoms with Crippen molar-refractivity contribution in [3.05, 3.63) is 17.6 Å². The van der Waals surface area contributed by atoms with Crippen molar-refractivity contribution in [2.45, 2.75) is 39.5 Å². The van der Waals surface area contributed by atoms with Crippen molar-refractivity contribution in [2.75, 3.05) is 11.9 Å². The van der Waals surface area contributed by atoms with Gasteiger partial charge >= 0.3 is 5.97 Å². The summed E-state index contributed by atoms with van der Waals surface area (Å²) in [6.07, 6.45) is 3.49. The molecule has 0 atom stereocenters. The predicted molar refractivity (Wildman–Crippen MR) is 68.5 cm³/mol. The zero-order valence-electron chi connectivity index (χ0n) is 10.9. The van der Waals surface area contributed by atoms with Gasteiger partial charge in [-0.15, -0.1) is 0 Å². The fourth-order valence-electron chi connectivity index (χ4n) is 2.59. The van der Waals surface area contributed by atoms with Crippen LogP contribution in [0, 0.1) is 19.3 Å². The highest BCUT2D eigenvalue weighted by atomic mass is 16.4. The summed E-state index contributed by atoms with van der Waals surface area (Å²) in [5.41, 5.74) is 0.271. The molecule has 0 amide bonds. The van der Waals surface area contributed by atoms with Crippen LogP contribution in [-0.2, 0) is 4.79 Å². The molecule has 0 aromatic carbocycles. The molecule has 0 bridgehead atoms. The Labute approximate surface area is 107 Å². The Morgan fingerprint density at radius 2 is 2.06 bits per heavy atom. The Morgan fingerprint density at radius 1 is 1.39 bits per heavy atom. The van der Waals surface area contributed by atoms with Crippen LogP contribution in [-0.4, -0.2) is 27.6 Å². The van der Waals surface area contributed by atoms with E-state index in [9.17, 15) is 9.90 Å². The van der Waals surface area contributed by atoms with Crippen LogP contribution in [0.3, 0.4) is 0 Å². The van der Waals surface area contributed by atoms with Gasteiger partial charge in [0.25, 0.3) is 0 Å². The molecule has 2 N–H and O–H groups in total. The number of hydrogen-bond acceptors (Lipinski definition) is 4. The van der Waals surface area contributed by atoms with Gasteiger partial charge < -0.3 is 10.4 Å². The second kappa shape index (κ2) is 4.92. The van der Waals surface area contributed by atoms with Crippen molar-refractivity contribution >= 4 is 11.8 Å². The molecule has 1 fully saturated rings. The molecule has 0 spiro atoms. The van der Waals surface area contributed by atoms with Crippen LogP contribution < -0.4 is 5.32 Å². The van der Waals surface area contributed by atoms with Gasteiger partial charge in [0.05, 0.1) is 5.41 Å². The maximum atomic E-state index is 11.4. The summed E-state index contributed by atoms with van der Waals surface area (Å²) in [6.45, 7) is 4.18. The lowest BCUT2D eigenvalue weighted by Crippen LogP contribution is -2.35. The molecule has 1 aromatic heterocycles. The van der Waals surface area contributed by atoms with E-state index in [0.29, 0.717) is 18.2 Å². The Morgan fingerprint density at radius 3 is 2.61 bits per heavy atom. The van der Waals surface area contributed by atoms with Gasteiger partial charge in [0, 0.05) is 18.3 Å². The molecule has 1 heterocycles. The molecule has 1 aromatic rings. The fourth-order valence-corrected chi connectivity index (χ4v) is 2.59. The number of nitrogens with zero attached hydrogens (tertiary/aromatic N) is 2. The number of aryl methyl sites for hydroxylation is 2. The molecule has 0 radical (unpaired) electrons. The number of carboxylic acids is 1. The van der Waals surface area contributed by atoms with E-state index in [1.807, 2.05) is 19.9 Å². The summed E-state index contributed by atoms with van der Waals surface area (Å²) >= 11 is 0. The third-order valence-electron chi connectivity index (χ3n) is 3.59. The van der Waals surface area contributed by atoms with Gasteiger partial charge in [0.1, 0.15) is 11.6 Å². The van der Waals surface area contributed by atoms with Crippen LogP contribution in [0.5, 0.6) is 0 Å². The van der Waals surface area contributed by atoms with Crippen LogP contribution in [0.25, 0.3) is 0 Å². The van der Waals surface area contributed by atoms with Crippen molar-refractivity contribution < 1.29 is 9.90 Å². The van der Waals surface area contributed by atoms with Crippen LogP contribution in [0.4, 0.5) is 5.82 Å². The van der Waals surface area contributed by atoms with Crippen molar-refractivity contribution in [2.24, 2.45) is 5.41 Å². The molecule has 0 aliphatic heterocycles. The number of carbonyl (C=O) groups is 1. The summed E-state index contributed by atoms with van der Waals surface area (Å²) < 4.78 is 0. The molecule has 1 saturated carbocycles. The van der Waals surface area contributed by atoms with E-state index < -0.39 is 11.4 Å². The van der Waals surface area contributed by atoms with Gasteiger partial charge in [-0.2, -0.15) is 0 Å². The van der Waals surface area contributed by atoms with Gasteiger partial charge in [-0.3, -0.25) is 4.79 Å². The maximum absolute atomic E-state index is 11.4. The van der Waals surface area contributed by atoms with Gasteiger partial charge in [-0.1, -0.05) is 12.8 Å². The van der Waals surface area contributed by atoms with E-state index in [1.165, 1.54) is 0 Å². The fraction of sp³-hybridized carbons (Fsp3) is 0.615. The summed E-state index contributed by atoms with van der Waals surface area (Å²) in [6, 6.07) is 1.84. The second-order valence-corrected chi connectivity index (χ2v) is 5.09. The van der Waals surface area contributed by atoms with Crippen LogP contribution >= 0.6 is 0 Å². The molecular weight excluding hydrogens is 230 g/mol. The number of carboxylic acid groups (broad SMARTS) is 1. The third kappa shape index (κ3) is 2.60. The van der Waals surface area contributed by atoms with E-state index in [2.05, 4.69) is 15.3 Å². The minimum atomic E-state index is -0.699. The first-order valence-electron chi connectivity index (χ1n) is 6.31. The van der Waals surface area contributed by atoms with Crippen molar-refractivity contribution in [3.63, 3.8) is 0 Å². The number of hydrogen-bond donors (Lipinski definition) is 2. The van der Waals surface area contributed by atoms with Crippen molar-refractivity contribution in [1.29, 1.82) is 0 Å². The summed E-state index contributed by atoms with van der Waals surface area (Å²) in [4.78, 5) is 19.9. The first-order chi connectivity index (χ1) is 8.52. The van der Waals surface area contributed by atoms with E-state index >= 15 is 0 Å². The highest BCUT2D eigenvalue weighted by molar-refractivity contribution is 5.75. The first-order valence-corrected chi connectivity index (χ1v) is 6.31. The largest absolute Gasteiger partial charge is 0.481 e. The normalized spacial score (nSPS) is 17.7. The minimum Gasteiger partial charge on any atom is -0.481 e. The number of aliphatic carboxylic acids is 1. The molecule has 18 heavy (non-hydrogen) atoms. The molecule has 0 unspecified atom stereocenters. The lowest BCUT2D eigenvalue weighted by molar-refractivity contribution is -0.147. The average Bonchev–Trinajstić information content (AvgIpc) is 2.75. The first kappa shape index (κ1) is 12.8. The summed E-state index contributed by atoms with van der Waals surface area (Å²) in [5, 5.41) is 12.5. The number of anilines is 1. The Balaban J connectivity index is 2.08. The smallest absolute Gasteiger partial charge is 0.311 e. The standard InChI is InChI=1S/C13H19N3O2/c1-9-7-11(16-10(2)15-9)14-8-13(12(17)18)5-3-4-6-13/h7H,3-6,8H2,1-2H3,(H,17,18)(H,14,15,16). The third-order valence-corrected chi connectivity index (χ3v) is 3.59. The second-order valence-electron chi connectivity index (χ2n) is 5.09. The molecular formula is C13H19N3O2. The average molecular weight is 249 g/mol. The van der Waals surface area contributed by atoms with E-state index in [4.69, 9.17) is 0 Å². The summed E-state index contributed by atoms with van der Waals surface area (Å²) in [7, 11) is 0. The topological polar surface area (TPSA) is 75.1 Å². The van der Waals surface area contributed by atoms with Crippen LogP contribution in [0.2, 0.25) is 0 Å². The molecule has 5 nitrogen and oxygen atoms in total. The quantitative estimate of drug-likeness (QED) is 0.855. The van der Waals surface area contributed by atoms with E-state index in [0.717, 1.165) is 31.4 Å². The maximum Gasteiger partial charge on any atom is 0.311 e. The SMILES string of the molecule is Cc1cc(NCC2(C(=O)O)CCCC2)nc(C)n1. The van der Waals surface area contributed by atoms with Gasteiger partial charge in [0.15, 0.2) is 0 Å².